The van der Waals surface area contributed by atoms with Gasteiger partial charge in [-0.1, -0.05) is 24.9 Å². The second kappa shape index (κ2) is 4.18. The van der Waals surface area contributed by atoms with E-state index >= 15 is 0 Å². The summed E-state index contributed by atoms with van der Waals surface area (Å²) in [6.45, 7) is 2.68. The molecule has 0 aromatic carbocycles. The van der Waals surface area contributed by atoms with Crippen molar-refractivity contribution >= 4 is 11.6 Å². The fourth-order valence-corrected chi connectivity index (χ4v) is 0.689. The molecule has 1 rings (SSSR count). The molecule has 0 aliphatic carbocycles. The van der Waals surface area contributed by atoms with E-state index in [2.05, 4.69) is 21.9 Å². The molecule has 1 aromatic heterocycles. The average molecular weight is 177 g/mol. The van der Waals surface area contributed by atoms with Crippen molar-refractivity contribution in [2.24, 2.45) is 0 Å². The van der Waals surface area contributed by atoms with E-state index in [9.17, 15) is 0 Å². The van der Waals surface area contributed by atoms with E-state index in [-0.39, 0.29) is 11.0 Å². The van der Waals surface area contributed by atoms with Gasteiger partial charge >= 0.3 is 0 Å². The fourth-order valence-electron chi connectivity index (χ4n) is 0.569. The summed E-state index contributed by atoms with van der Waals surface area (Å²) < 4.78 is 9.44. The summed E-state index contributed by atoms with van der Waals surface area (Å²) in [4.78, 5) is 0. The topological polar surface area (TPSA) is 48.2 Å². The standard InChI is InChI=1S/C6H9ClN2O2/c1-2-3-4-10-6-5(7)8-11-9-6/h2-4H2,1H3. The number of nitrogens with zero attached hydrogens (tertiary/aromatic N) is 2. The molecule has 4 nitrogen and oxygen atoms in total. The summed E-state index contributed by atoms with van der Waals surface area (Å²) in [6, 6.07) is 0. The van der Waals surface area contributed by atoms with E-state index in [0.717, 1.165) is 12.8 Å². The Morgan fingerprint density at radius 2 is 2.36 bits per heavy atom. The number of aromatic nitrogens is 2. The summed E-state index contributed by atoms with van der Waals surface area (Å²) in [5, 5.41) is 6.98. The fraction of sp³-hybridized carbons (Fsp3) is 0.667. The summed E-state index contributed by atoms with van der Waals surface area (Å²) in [7, 11) is 0. The quantitative estimate of drug-likeness (QED) is 0.658. The molecule has 0 atom stereocenters. The zero-order valence-electron chi connectivity index (χ0n) is 6.21. The Kier molecular flexibility index (Phi) is 3.16. The van der Waals surface area contributed by atoms with Gasteiger partial charge in [-0.3, -0.25) is 0 Å². The highest BCUT2D eigenvalue weighted by Gasteiger charge is 2.06. The number of ether oxygens (including phenoxy) is 1. The Morgan fingerprint density at radius 1 is 1.55 bits per heavy atom. The largest absolute Gasteiger partial charge is 0.473 e. The van der Waals surface area contributed by atoms with Crippen LogP contribution in [0.5, 0.6) is 5.88 Å². The van der Waals surface area contributed by atoms with Crippen LogP contribution in [0, 0.1) is 0 Å². The number of unbranched alkanes of at least 4 members (excludes halogenated alkanes) is 1. The van der Waals surface area contributed by atoms with Crippen LogP contribution in [0.25, 0.3) is 0 Å². The lowest BCUT2D eigenvalue weighted by Gasteiger charge is -1.97. The van der Waals surface area contributed by atoms with Gasteiger partial charge in [0, 0.05) is 0 Å². The van der Waals surface area contributed by atoms with Crippen molar-refractivity contribution in [3.05, 3.63) is 5.15 Å². The van der Waals surface area contributed by atoms with E-state index in [1.807, 2.05) is 0 Å². The molecule has 0 spiro atoms. The van der Waals surface area contributed by atoms with Gasteiger partial charge in [0.05, 0.1) is 6.61 Å². The third kappa shape index (κ3) is 2.38. The molecular weight excluding hydrogens is 168 g/mol. The van der Waals surface area contributed by atoms with Crippen molar-refractivity contribution in [1.29, 1.82) is 0 Å². The molecule has 0 N–H and O–H groups in total. The monoisotopic (exact) mass is 176 g/mol. The highest BCUT2D eigenvalue weighted by atomic mass is 35.5. The maximum atomic E-state index is 5.53. The molecule has 1 aromatic rings. The van der Waals surface area contributed by atoms with Crippen LogP contribution in [-0.4, -0.2) is 16.9 Å². The zero-order chi connectivity index (χ0) is 8.10. The summed E-state index contributed by atoms with van der Waals surface area (Å²) in [5.74, 6) is 0.278. The van der Waals surface area contributed by atoms with Gasteiger partial charge in [-0.05, 0) is 16.7 Å². The normalized spacial score (nSPS) is 10.0. The Labute approximate surface area is 69.4 Å². The van der Waals surface area contributed by atoms with Crippen LogP contribution in [0.2, 0.25) is 5.15 Å². The molecule has 0 aliphatic heterocycles. The Hall–Kier alpha value is -0.770. The van der Waals surface area contributed by atoms with Gasteiger partial charge in [0.15, 0.2) is 0 Å². The van der Waals surface area contributed by atoms with Crippen molar-refractivity contribution in [2.45, 2.75) is 19.8 Å². The molecule has 0 saturated heterocycles. The first-order chi connectivity index (χ1) is 5.34. The van der Waals surface area contributed by atoms with Gasteiger partial charge in [0.2, 0.25) is 5.15 Å². The van der Waals surface area contributed by atoms with Crippen LogP contribution in [0.1, 0.15) is 19.8 Å². The minimum absolute atomic E-state index is 0.182. The molecule has 0 aliphatic rings. The molecule has 1 heterocycles. The third-order valence-electron chi connectivity index (χ3n) is 1.16. The SMILES string of the molecule is CCCCOc1nonc1Cl. The smallest absolute Gasteiger partial charge is 0.295 e. The molecule has 62 valence electrons. The van der Waals surface area contributed by atoms with Crippen LogP contribution < -0.4 is 4.74 Å². The van der Waals surface area contributed by atoms with Crippen molar-refractivity contribution in [1.82, 2.24) is 10.3 Å². The zero-order valence-corrected chi connectivity index (χ0v) is 6.97. The van der Waals surface area contributed by atoms with Crippen LogP contribution in [0.3, 0.4) is 0 Å². The second-order valence-electron chi connectivity index (χ2n) is 2.06. The van der Waals surface area contributed by atoms with Crippen molar-refractivity contribution in [3.63, 3.8) is 0 Å². The first-order valence-electron chi connectivity index (χ1n) is 3.45. The lowest BCUT2D eigenvalue weighted by molar-refractivity contribution is 0.252. The molecule has 0 fully saturated rings. The van der Waals surface area contributed by atoms with Crippen molar-refractivity contribution < 1.29 is 9.37 Å². The molecule has 11 heavy (non-hydrogen) atoms. The summed E-state index contributed by atoms with van der Waals surface area (Å²) in [6.07, 6.45) is 2.05. The molecule has 0 bridgehead atoms. The van der Waals surface area contributed by atoms with E-state index in [0.29, 0.717) is 6.61 Å². The lowest BCUT2D eigenvalue weighted by atomic mass is 10.4. The van der Waals surface area contributed by atoms with E-state index in [1.165, 1.54) is 0 Å². The molecular formula is C6H9ClN2O2. The average Bonchev–Trinajstić information content (AvgIpc) is 2.37. The molecule has 0 radical (unpaired) electrons. The predicted octanol–water partition coefficient (Wildman–Crippen LogP) is 1.90. The van der Waals surface area contributed by atoms with Crippen molar-refractivity contribution in [3.8, 4) is 5.88 Å². The van der Waals surface area contributed by atoms with E-state index in [4.69, 9.17) is 16.3 Å². The van der Waals surface area contributed by atoms with E-state index in [1.54, 1.807) is 0 Å². The van der Waals surface area contributed by atoms with Crippen LogP contribution in [0.4, 0.5) is 0 Å². The van der Waals surface area contributed by atoms with Crippen LogP contribution >= 0.6 is 11.6 Å². The number of halogens is 1. The van der Waals surface area contributed by atoms with Crippen LogP contribution in [0.15, 0.2) is 4.63 Å². The highest BCUT2D eigenvalue weighted by Crippen LogP contribution is 2.17. The van der Waals surface area contributed by atoms with Gasteiger partial charge in [-0.25, -0.2) is 4.63 Å². The van der Waals surface area contributed by atoms with Gasteiger partial charge in [0.1, 0.15) is 0 Å². The Morgan fingerprint density at radius 3 is 2.91 bits per heavy atom. The predicted molar refractivity (Wildman–Crippen MR) is 39.7 cm³/mol. The summed E-state index contributed by atoms with van der Waals surface area (Å²) in [5.41, 5.74) is 0. The maximum absolute atomic E-state index is 5.53. The Bertz CT molecular complexity index is 214. The van der Waals surface area contributed by atoms with Crippen LogP contribution in [-0.2, 0) is 0 Å². The van der Waals surface area contributed by atoms with Gasteiger partial charge in [-0.15, -0.1) is 0 Å². The van der Waals surface area contributed by atoms with Gasteiger partial charge in [0.25, 0.3) is 5.88 Å². The van der Waals surface area contributed by atoms with E-state index < -0.39 is 0 Å². The first-order valence-corrected chi connectivity index (χ1v) is 3.83. The molecule has 0 saturated carbocycles. The maximum Gasteiger partial charge on any atom is 0.295 e. The Balaban J connectivity index is 2.32. The second-order valence-corrected chi connectivity index (χ2v) is 2.42. The minimum Gasteiger partial charge on any atom is -0.473 e. The number of hydrogen-bond donors (Lipinski definition) is 0. The van der Waals surface area contributed by atoms with Gasteiger partial charge < -0.3 is 4.74 Å². The minimum atomic E-state index is 0.182. The number of rotatable bonds is 4. The molecule has 0 amide bonds. The van der Waals surface area contributed by atoms with Gasteiger partial charge in [-0.2, -0.15) is 0 Å². The molecule has 0 unspecified atom stereocenters. The van der Waals surface area contributed by atoms with Crippen molar-refractivity contribution in [2.75, 3.05) is 6.61 Å². The third-order valence-corrected chi connectivity index (χ3v) is 1.39. The lowest BCUT2D eigenvalue weighted by Crippen LogP contribution is -1.96. The number of hydrogen-bond acceptors (Lipinski definition) is 4. The summed E-state index contributed by atoms with van der Waals surface area (Å²) >= 11 is 5.53. The highest BCUT2D eigenvalue weighted by molar-refractivity contribution is 6.30. The first kappa shape index (κ1) is 8.33. The molecule has 5 heteroatoms.